The number of fused-ring (bicyclic) bond motifs is 2. The number of rotatable bonds is 8. The molecule has 7 aromatic rings. The molecule has 326 valence electrons. The van der Waals surface area contributed by atoms with Gasteiger partial charge in [-0.15, -0.1) is 0 Å². The first-order valence-electron chi connectivity index (χ1n) is 22.0. The summed E-state index contributed by atoms with van der Waals surface area (Å²) in [6, 6.07) is 35.3. The normalized spacial score (nSPS) is 19.2. The summed E-state index contributed by atoms with van der Waals surface area (Å²) in [5.41, 5.74) is 11.4. The van der Waals surface area contributed by atoms with Crippen LogP contribution in [0.4, 0.5) is 23.4 Å². The Labute approximate surface area is 370 Å². The number of anilines is 1. The van der Waals surface area contributed by atoms with E-state index in [-0.39, 0.29) is 38.9 Å². The van der Waals surface area contributed by atoms with Crippen LogP contribution in [0, 0.1) is 41.4 Å². The summed E-state index contributed by atoms with van der Waals surface area (Å²) >= 11 is 0. The summed E-state index contributed by atoms with van der Waals surface area (Å²) in [5.74, 6) is -4.72. The molecule has 3 fully saturated rings. The second kappa shape index (κ2) is 17.9. The van der Waals surface area contributed by atoms with E-state index in [9.17, 15) is 22.8 Å². The van der Waals surface area contributed by atoms with E-state index in [0.717, 1.165) is 93.0 Å². The summed E-state index contributed by atoms with van der Waals surface area (Å²) in [6.45, 7) is 6.48. The van der Waals surface area contributed by atoms with Crippen LogP contribution in [-0.2, 0) is 13.1 Å². The number of halogens is 4. The molecular weight excluding hydrogens is 815 g/mol. The molecule has 2 atom stereocenters. The van der Waals surface area contributed by atoms with Gasteiger partial charge in [0.25, 0.3) is 11.8 Å². The van der Waals surface area contributed by atoms with Crippen LogP contribution in [0.5, 0.6) is 0 Å². The zero-order chi connectivity index (χ0) is 44.4. The minimum atomic E-state index is -2.69. The molecule has 3 aliphatic rings. The van der Waals surface area contributed by atoms with Gasteiger partial charge in [-0.1, -0.05) is 54.1 Å². The van der Waals surface area contributed by atoms with Crippen molar-refractivity contribution >= 4 is 27.9 Å². The fourth-order valence-corrected chi connectivity index (χ4v) is 9.10. The quantitative estimate of drug-likeness (QED) is 0.146. The number of aryl methyl sites for hydroxylation is 1. The van der Waals surface area contributed by atoms with Gasteiger partial charge in [-0.3, -0.25) is 0 Å². The van der Waals surface area contributed by atoms with E-state index < -0.39 is 17.8 Å². The standard InChI is InChI=1S/C27H24F2N4.C24H25F2N5/c1-18-2-6-21(7-3-18)26-23(20-8-4-19(15-30)5-9-20)14-25-24(32-26)10-13-33(25)17-22-16-31-12-11-27(22,28)29;25-24(26)7-11-30(12-8-24)23-20(19-3-1-17(14-27)2-4-19)13-22-21(29-23)6-10-31(22)16-18-5-9-28-15-18/h2-10,13-14,22,31H,11-12,16-17H2,1H3;1-4,6,10,13,18,28H,5,7-9,11-12,15-16H2/t22-;18-/m10/s1. The fourth-order valence-electron chi connectivity index (χ4n) is 9.10. The monoisotopic (exact) mass is 863 g/mol. The van der Waals surface area contributed by atoms with Gasteiger partial charge in [-0.05, 0) is 92.0 Å². The highest BCUT2D eigenvalue weighted by Crippen LogP contribution is 2.39. The van der Waals surface area contributed by atoms with E-state index in [1.165, 1.54) is 0 Å². The summed E-state index contributed by atoms with van der Waals surface area (Å²) in [6.07, 6.45) is 4.64. The molecule has 0 spiro atoms. The van der Waals surface area contributed by atoms with Gasteiger partial charge < -0.3 is 24.7 Å². The lowest BCUT2D eigenvalue weighted by Crippen LogP contribution is -2.46. The van der Waals surface area contributed by atoms with Crippen molar-refractivity contribution in [3.05, 3.63) is 126 Å². The number of nitrogens with zero attached hydrogens (tertiary/aromatic N) is 7. The number of piperidine rings is 2. The number of nitriles is 2. The predicted molar refractivity (Wildman–Crippen MR) is 243 cm³/mol. The molecule has 3 aromatic carbocycles. The third kappa shape index (κ3) is 9.10. The number of benzene rings is 3. The van der Waals surface area contributed by atoms with Crippen molar-refractivity contribution in [3.8, 4) is 45.6 Å². The van der Waals surface area contributed by atoms with Crippen LogP contribution >= 0.6 is 0 Å². The average molecular weight is 864 g/mol. The van der Waals surface area contributed by atoms with Crippen LogP contribution < -0.4 is 15.5 Å². The first-order chi connectivity index (χ1) is 31.0. The summed E-state index contributed by atoms with van der Waals surface area (Å²) < 4.78 is 60.7. The van der Waals surface area contributed by atoms with E-state index in [1.807, 2.05) is 89.3 Å². The van der Waals surface area contributed by atoms with Crippen LogP contribution in [0.3, 0.4) is 0 Å². The number of nitrogens with one attached hydrogen (secondary N) is 2. The number of aromatic nitrogens is 4. The van der Waals surface area contributed by atoms with Gasteiger partial charge in [-0.25, -0.2) is 27.5 Å². The third-order valence-corrected chi connectivity index (χ3v) is 12.9. The Hall–Kier alpha value is -6.54. The van der Waals surface area contributed by atoms with E-state index in [4.69, 9.17) is 15.2 Å². The Morgan fingerprint density at radius 3 is 1.81 bits per heavy atom. The second-order valence-electron chi connectivity index (χ2n) is 17.3. The topological polar surface area (TPSA) is 111 Å². The SMILES string of the molecule is Cc1ccc(-c2nc3ccn(C[C@H]4CNCCC4(F)F)c3cc2-c2ccc(C#N)cc2)cc1.N#Cc1ccc(-c2cc3c(ccn3C[C@H]3CCNC3)nc2N2CCC(F)(F)CC2)cc1. The number of alkyl halides is 4. The van der Waals surface area contributed by atoms with E-state index in [0.29, 0.717) is 30.1 Å². The fraction of sp³-hybridized carbons (Fsp3) is 0.333. The molecule has 0 radical (unpaired) electrons. The van der Waals surface area contributed by atoms with Crippen molar-refractivity contribution in [3.63, 3.8) is 0 Å². The maximum Gasteiger partial charge on any atom is 0.255 e. The number of hydrogen-bond donors (Lipinski definition) is 2. The average Bonchev–Trinajstić information content (AvgIpc) is 4.08. The molecule has 0 amide bonds. The molecule has 0 unspecified atom stereocenters. The smallest absolute Gasteiger partial charge is 0.255 e. The van der Waals surface area contributed by atoms with Crippen LogP contribution in [0.1, 0.15) is 42.4 Å². The van der Waals surface area contributed by atoms with Gasteiger partial charge in [0.1, 0.15) is 5.82 Å². The highest BCUT2D eigenvalue weighted by atomic mass is 19.3. The number of pyridine rings is 2. The summed E-state index contributed by atoms with van der Waals surface area (Å²) in [7, 11) is 0. The largest absolute Gasteiger partial charge is 0.356 e. The molecule has 13 heteroatoms. The van der Waals surface area contributed by atoms with Crippen molar-refractivity contribution in [2.75, 3.05) is 44.2 Å². The van der Waals surface area contributed by atoms with Crippen LogP contribution in [0.15, 0.2) is 109 Å². The first-order valence-corrected chi connectivity index (χ1v) is 22.0. The van der Waals surface area contributed by atoms with Crippen LogP contribution in [0.2, 0.25) is 0 Å². The summed E-state index contributed by atoms with van der Waals surface area (Å²) in [5, 5.41) is 24.8. The molecule has 3 saturated heterocycles. The van der Waals surface area contributed by atoms with E-state index in [2.05, 4.69) is 39.6 Å². The van der Waals surface area contributed by atoms with Crippen LogP contribution in [0.25, 0.3) is 55.6 Å². The molecule has 4 aromatic heterocycles. The lowest BCUT2D eigenvalue weighted by atomic mass is 9.94. The third-order valence-electron chi connectivity index (χ3n) is 12.9. The van der Waals surface area contributed by atoms with E-state index in [1.54, 1.807) is 24.3 Å². The molecule has 64 heavy (non-hydrogen) atoms. The minimum absolute atomic E-state index is 0.136. The molecule has 3 aliphatic heterocycles. The zero-order valence-electron chi connectivity index (χ0n) is 35.7. The van der Waals surface area contributed by atoms with Crippen LogP contribution in [-0.4, -0.2) is 70.2 Å². The molecular formula is C51H49F4N9. The van der Waals surface area contributed by atoms with Crippen molar-refractivity contribution in [1.29, 1.82) is 10.5 Å². The van der Waals surface area contributed by atoms with Crippen molar-refractivity contribution in [1.82, 2.24) is 29.7 Å². The van der Waals surface area contributed by atoms with Crippen molar-refractivity contribution in [2.24, 2.45) is 11.8 Å². The molecule has 2 N–H and O–H groups in total. The molecule has 9 nitrogen and oxygen atoms in total. The molecule has 0 aliphatic carbocycles. The molecule has 0 bridgehead atoms. The highest BCUT2D eigenvalue weighted by Gasteiger charge is 2.41. The number of hydrogen-bond acceptors (Lipinski definition) is 7. The van der Waals surface area contributed by atoms with Gasteiger partial charge in [0, 0.05) is 87.6 Å². The Bertz CT molecular complexity index is 2840. The maximum atomic E-state index is 14.5. The molecule has 0 saturated carbocycles. The minimum Gasteiger partial charge on any atom is -0.356 e. The van der Waals surface area contributed by atoms with Gasteiger partial charge in [0.2, 0.25) is 0 Å². The van der Waals surface area contributed by atoms with Gasteiger partial charge in [0.15, 0.2) is 0 Å². The van der Waals surface area contributed by atoms with Gasteiger partial charge >= 0.3 is 0 Å². The Balaban J connectivity index is 0.000000162. The van der Waals surface area contributed by atoms with Gasteiger partial charge in [-0.2, -0.15) is 10.5 Å². The zero-order valence-corrected chi connectivity index (χ0v) is 35.7. The predicted octanol–water partition coefficient (Wildman–Crippen LogP) is 10.2. The Morgan fingerprint density at radius 2 is 1.22 bits per heavy atom. The van der Waals surface area contributed by atoms with Crippen molar-refractivity contribution in [2.45, 2.75) is 57.5 Å². The van der Waals surface area contributed by atoms with E-state index >= 15 is 0 Å². The molecule has 7 heterocycles. The second-order valence-corrected chi connectivity index (χ2v) is 17.3. The molecule has 10 rings (SSSR count). The highest BCUT2D eigenvalue weighted by molar-refractivity contribution is 5.91. The lowest BCUT2D eigenvalue weighted by Gasteiger charge is -2.33. The Kier molecular flexibility index (Phi) is 12.0. The van der Waals surface area contributed by atoms with Crippen molar-refractivity contribution < 1.29 is 17.6 Å². The summed E-state index contributed by atoms with van der Waals surface area (Å²) in [4.78, 5) is 11.9. The lowest BCUT2D eigenvalue weighted by molar-refractivity contribution is -0.0830. The maximum absolute atomic E-state index is 14.5. The Morgan fingerprint density at radius 1 is 0.656 bits per heavy atom. The van der Waals surface area contributed by atoms with Gasteiger partial charge in [0.05, 0.1) is 56.9 Å². The first kappa shape index (κ1) is 42.7.